The molecule has 1 aliphatic carbocycles. The Morgan fingerprint density at radius 2 is 2.19 bits per heavy atom. The van der Waals surface area contributed by atoms with Crippen LogP contribution in [0.1, 0.15) is 26.2 Å². The van der Waals surface area contributed by atoms with Crippen LogP contribution in [0.3, 0.4) is 0 Å². The zero-order chi connectivity index (χ0) is 19.2. The molecule has 0 aliphatic heterocycles. The highest BCUT2D eigenvalue weighted by Crippen LogP contribution is 2.23. The summed E-state index contributed by atoms with van der Waals surface area (Å²) in [5, 5.41) is 17.6. The number of rotatable bonds is 6. The fourth-order valence-electron chi connectivity index (χ4n) is 2.79. The second kappa shape index (κ2) is 8.73. The van der Waals surface area contributed by atoms with Gasteiger partial charge in [0, 0.05) is 29.3 Å². The minimum absolute atomic E-state index is 0.0743. The summed E-state index contributed by atoms with van der Waals surface area (Å²) in [6, 6.07) is 6.52. The summed E-state index contributed by atoms with van der Waals surface area (Å²) in [6.07, 6.45) is 9.56. The Balaban J connectivity index is 1.98. The molecule has 2 aromatic rings. The van der Waals surface area contributed by atoms with Crippen molar-refractivity contribution in [3.05, 3.63) is 68.9 Å². The number of nitro benzene ring substituents is 1. The highest BCUT2D eigenvalue weighted by Gasteiger charge is 2.12. The number of allylic oxidation sites excluding steroid dienone is 2. The molecule has 1 aliphatic rings. The van der Waals surface area contributed by atoms with Crippen molar-refractivity contribution in [3.8, 4) is 11.3 Å². The highest BCUT2D eigenvalue weighted by atomic mass is 32.1. The maximum Gasteiger partial charge on any atom is 0.269 e. The van der Waals surface area contributed by atoms with E-state index in [-0.39, 0.29) is 5.69 Å². The molecule has 0 saturated carbocycles. The Morgan fingerprint density at radius 3 is 2.81 bits per heavy atom. The molecule has 0 N–H and O–H groups in total. The number of hydrogen-bond acceptors (Lipinski definition) is 5. The molecule has 0 spiro atoms. The summed E-state index contributed by atoms with van der Waals surface area (Å²) in [5.74, 6) is 0.418. The molecule has 0 amide bonds. The summed E-state index contributed by atoms with van der Waals surface area (Å²) in [6.45, 7) is 6.39. The van der Waals surface area contributed by atoms with Gasteiger partial charge in [-0.15, -0.1) is 11.3 Å². The van der Waals surface area contributed by atoms with Crippen LogP contribution in [0.4, 0.5) is 5.69 Å². The first-order valence-corrected chi connectivity index (χ1v) is 9.72. The molecule has 1 aromatic carbocycles. The highest BCUT2D eigenvalue weighted by molar-refractivity contribution is 7.07. The lowest BCUT2D eigenvalue weighted by Crippen LogP contribution is -2.14. The lowest BCUT2D eigenvalue weighted by atomic mass is 9.96. The van der Waals surface area contributed by atoms with Gasteiger partial charge in [0.25, 0.3) is 5.69 Å². The molecule has 1 unspecified atom stereocenters. The lowest BCUT2D eigenvalue weighted by molar-refractivity contribution is -0.384. The van der Waals surface area contributed by atoms with Gasteiger partial charge in [-0.3, -0.25) is 15.1 Å². The average Bonchev–Trinajstić information content (AvgIpc) is 3.08. The van der Waals surface area contributed by atoms with Gasteiger partial charge in [0.05, 0.1) is 17.2 Å². The molecule has 7 heteroatoms. The van der Waals surface area contributed by atoms with Crippen LogP contribution in [0.25, 0.3) is 11.3 Å². The summed E-state index contributed by atoms with van der Waals surface area (Å²) in [7, 11) is 0. The number of non-ortho nitro benzene ring substituents is 1. The van der Waals surface area contributed by atoms with Crippen LogP contribution in [-0.4, -0.2) is 22.4 Å². The molecule has 3 rings (SSSR count). The van der Waals surface area contributed by atoms with Gasteiger partial charge in [-0.2, -0.15) is 5.10 Å². The number of benzene rings is 1. The Bertz CT molecular complexity index is 951. The Morgan fingerprint density at radius 1 is 1.41 bits per heavy atom. The van der Waals surface area contributed by atoms with E-state index in [4.69, 9.17) is 5.10 Å². The molecule has 0 radical (unpaired) electrons. The van der Waals surface area contributed by atoms with Crippen molar-refractivity contribution in [1.82, 2.24) is 4.68 Å². The van der Waals surface area contributed by atoms with Crippen molar-refractivity contribution in [2.24, 2.45) is 16.0 Å². The van der Waals surface area contributed by atoms with Gasteiger partial charge in [0.15, 0.2) is 0 Å². The Labute approximate surface area is 162 Å². The summed E-state index contributed by atoms with van der Waals surface area (Å²) >= 11 is 1.50. The van der Waals surface area contributed by atoms with E-state index < -0.39 is 4.92 Å². The van der Waals surface area contributed by atoms with Gasteiger partial charge in [0.1, 0.15) is 0 Å². The molecule has 0 bridgehead atoms. The van der Waals surface area contributed by atoms with E-state index in [0.29, 0.717) is 12.5 Å². The van der Waals surface area contributed by atoms with Crippen molar-refractivity contribution < 1.29 is 4.92 Å². The molecule has 1 aromatic heterocycles. The van der Waals surface area contributed by atoms with Crippen LogP contribution in [0.5, 0.6) is 0 Å². The van der Waals surface area contributed by atoms with E-state index >= 15 is 0 Å². The summed E-state index contributed by atoms with van der Waals surface area (Å²) in [5.41, 5.74) is 2.80. The van der Waals surface area contributed by atoms with Crippen molar-refractivity contribution in [1.29, 1.82) is 0 Å². The smallest absolute Gasteiger partial charge is 0.258 e. The first kappa shape index (κ1) is 19.0. The number of nitrogens with zero attached hydrogens (tertiary/aromatic N) is 4. The number of thiazole rings is 1. The molecule has 0 fully saturated rings. The van der Waals surface area contributed by atoms with E-state index in [1.165, 1.54) is 23.5 Å². The molecule has 0 saturated heterocycles. The predicted octanol–water partition coefficient (Wildman–Crippen LogP) is 4.79. The lowest BCUT2D eigenvalue weighted by Gasteiger charge is -2.12. The first-order valence-electron chi connectivity index (χ1n) is 8.84. The normalized spacial score (nSPS) is 17.5. The first-order chi connectivity index (χ1) is 13.0. The minimum Gasteiger partial charge on any atom is -0.258 e. The fourth-order valence-corrected chi connectivity index (χ4v) is 3.62. The number of aromatic nitrogens is 1. The van der Waals surface area contributed by atoms with E-state index in [9.17, 15) is 10.1 Å². The maximum atomic E-state index is 10.9. The summed E-state index contributed by atoms with van der Waals surface area (Å²) in [4.78, 5) is 15.9. The third kappa shape index (κ3) is 4.89. The third-order valence-corrected chi connectivity index (χ3v) is 5.10. The molecule has 140 valence electrons. The molecule has 1 atom stereocenters. The van der Waals surface area contributed by atoms with E-state index in [1.807, 2.05) is 23.2 Å². The van der Waals surface area contributed by atoms with Crippen LogP contribution in [0, 0.1) is 16.0 Å². The summed E-state index contributed by atoms with van der Waals surface area (Å²) < 4.78 is 1.83. The SMILES string of the molecule is C=C(C)CN=c1scc(-c2ccc([N+](=O)[O-])cc2)n1N=CC1CC=CCC1. The number of hydrogen-bond donors (Lipinski definition) is 0. The largest absolute Gasteiger partial charge is 0.269 e. The van der Waals surface area contributed by atoms with E-state index in [2.05, 4.69) is 23.7 Å². The molecular weight excluding hydrogens is 360 g/mol. The van der Waals surface area contributed by atoms with Crippen LogP contribution >= 0.6 is 11.3 Å². The topological polar surface area (TPSA) is 72.8 Å². The Hall–Kier alpha value is -2.80. The van der Waals surface area contributed by atoms with Crippen molar-refractivity contribution in [2.45, 2.75) is 26.2 Å². The molecule has 27 heavy (non-hydrogen) atoms. The third-order valence-electron chi connectivity index (χ3n) is 4.25. The van der Waals surface area contributed by atoms with Gasteiger partial charge in [-0.25, -0.2) is 4.68 Å². The monoisotopic (exact) mass is 382 g/mol. The minimum atomic E-state index is -0.395. The van der Waals surface area contributed by atoms with Gasteiger partial charge >= 0.3 is 0 Å². The van der Waals surface area contributed by atoms with Crippen molar-refractivity contribution in [2.75, 3.05) is 6.54 Å². The number of nitro groups is 1. The maximum absolute atomic E-state index is 10.9. The average molecular weight is 382 g/mol. The second-order valence-corrected chi connectivity index (χ2v) is 7.44. The van der Waals surface area contributed by atoms with E-state index in [1.54, 1.807) is 12.1 Å². The van der Waals surface area contributed by atoms with Gasteiger partial charge < -0.3 is 0 Å². The zero-order valence-corrected chi connectivity index (χ0v) is 16.1. The van der Waals surface area contributed by atoms with Crippen LogP contribution < -0.4 is 4.80 Å². The van der Waals surface area contributed by atoms with Gasteiger partial charge in [-0.1, -0.05) is 24.3 Å². The quantitative estimate of drug-likeness (QED) is 0.312. The van der Waals surface area contributed by atoms with Crippen LogP contribution in [0.15, 0.2) is 64.0 Å². The molecule has 6 nitrogen and oxygen atoms in total. The zero-order valence-electron chi connectivity index (χ0n) is 15.2. The van der Waals surface area contributed by atoms with Crippen LogP contribution in [0.2, 0.25) is 0 Å². The molecular formula is C20H22N4O2S. The Kier molecular flexibility index (Phi) is 6.13. The standard InChI is InChI=1S/C20H22N4O2S/c1-15(2)12-21-20-23(22-13-16-6-4-3-5-7-16)19(14-27-20)17-8-10-18(11-9-17)24(25)26/h3-4,8-11,13-14,16H,1,5-7,12H2,2H3. The van der Waals surface area contributed by atoms with Gasteiger partial charge in [-0.05, 0) is 44.2 Å². The van der Waals surface area contributed by atoms with Crippen LogP contribution in [-0.2, 0) is 0 Å². The van der Waals surface area contributed by atoms with Crippen molar-refractivity contribution in [3.63, 3.8) is 0 Å². The van der Waals surface area contributed by atoms with Gasteiger partial charge in [0.2, 0.25) is 4.80 Å². The predicted molar refractivity (Wildman–Crippen MR) is 110 cm³/mol. The van der Waals surface area contributed by atoms with E-state index in [0.717, 1.165) is 40.9 Å². The molecule has 1 heterocycles. The van der Waals surface area contributed by atoms with Crippen molar-refractivity contribution >= 4 is 23.2 Å². The fraction of sp³-hybridized carbons (Fsp3) is 0.300. The second-order valence-electron chi connectivity index (χ2n) is 6.60.